The van der Waals surface area contributed by atoms with Crippen molar-refractivity contribution in [2.45, 2.75) is 43.5 Å². The van der Waals surface area contributed by atoms with Gasteiger partial charge in [0.25, 0.3) is 0 Å². The van der Waals surface area contributed by atoms with E-state index in [1.54, 1.807) is 13.8 Å². The molecule has 1 saturated heterocycles. The molecule has 3 rings (SSSR count). The summed E-state index contributed by atoms with van der Waals surface area (Å²) in [6, 6.07) is 7.91. The van der Waals surface area contributed by atoms with Crippen LogP contribution in [0, 0.1) is 0 Å². The normalized spacial score (nSPS) is 14.8. The number of carbonyl (C=O) groups excluding carboxylic acids is 2. The van der Waals surface area contributed by atoms with Crippen LogP contribution >= 0.6 is 11.8 Å². The van der Waals surface area contributed by atoms with E-state index in [0.717, 1.165) is 18.8 Å². The third-order valence-corrected chi connectivity index (χ3v) is 5.77. The molecule has 1 atom stereocenters. The third-order valence-electron chi connectivity index (χ3n) is 4.80. The van der Waals surface area contributed by atoms with Gasteiger partial charge in [-0.05, 0) is 57.4 Å². The molecule has 2 aromatic rings. The van der Waals surface area contributed by atoms with Crippen LogP contribution in [0.4, 0.5) is 17.2 Å². The number of hydrogen-bond donors (Lipinski definition) is 2. The van der Waals surface area contributed by atoms with Crippen LogP contribution < -0.4 is 16.0 Å². The van der Waals surface area contributed by atoms with Gasteiger partial charge in [-0.15, -0.1) is 0 Å². The highest BCUT2D eigenvalue weighted by Gasteiger charge is 2.19. The fourth-order valence-electron chi connectivity index (χ4n) is 3.16. The second-order valence-electron chi connectivity index (χ2n) is 7.02. The average molecular weight is 430 g/mol. The fourth-order valence-corrected chi connectivity index (χ4v) is 3.91. The molecule has 1 unspecified atom stereocenters. The smallest absolute Gasteiger partial charge is 0.343 e. The zero-order chi connectivity index (χ0) is 21.5. The van der Waals surface area contributed by atoms with E-state index >= 15 is 0 Å². The molecule has 1 aromatic heterocycles. The molecule has 0 bridgehead atoms. The first-order chi connectivity index (χ1) is 14.5. The Morgan fingerprint density at radius 1 is 1.23 bits per heavy atom. The van der Waals surface area contributed by atoms with Crippen molar-refractivity contribution in [1.82, 2.24) is 9.97 Å². The topological polar surface area (TPSA) is 110 Å². The lowest BCUT2D eigenvalue weighted by molar-refractivity contribution is -0.115. The summed E-state index contributed by atoms with van der Waals surface area (Å²) < 4.78 is 4.91. The first-order valence-electron chi connectivity index (χ1n) is 10.1. The summed E-state index contributed by atoms with van der Waals surface area (Å²) in [5.41, 5.74) is 7.87. The second kappa shape index (κ2) is 10.3. The highest BCUT2D eigenvalue weighted by Crippen LogP contribution is 2.25. The fraction of sp³-hybridized carbons (Fsp3) is 0.429. The lowest BCUT2D eigenvalue weighted by Crippen LogP contribution is -2.29. The van der Waals surface area contributed by atoms with Gasteiger partial charge in [-0.3, -0.25) is 4.79 Å². The molecule has 3 N–H and O–H groups in total. The molecule has 1 amide bonds. The van der Waals surface area contributed by atoms with Crippen LogP contribution in [0.2, 0.25) is 0 Å². The molecule has 9 heteroatoms. The molecule has 0 saturated carbocycles. The number of esters is 1. The molecule has 160 valence electrons. The van der Waals surface area contributed by atoms with Crippen molar-refractivity contribution in [2.75, 3.05) is 35.6 Å². The highest BCUT2D eigenvalue weighted by atomic mass is 32.2. The maximum Gasteiger partial charge on any atom is 0.343 e. The lowest BCUT2D eigenvalue weighted by Gasteiger charge is -2.28. The van der Waals surface area contributed by atoms with Gasteiger partial charge in [0, 0.05) is 30.7 Å². The minimum Gasteiger partial charge on any atom is -0.462 e. The molecule has 8 nitrogen and oxygen atoms in total. The van der Waals surface area contributed by atoms with Gasteiger partial charge in [0.1, 0.15) is 11.4 Å². The van der Waals surface area contributed by atoms with Crippen LogP contribution in [0.3, 0.4) is 0 Å². The average Bonchev–Trinajstić information content (AvgIpc) is 2.75. The van der Waals surface area contributed by atoms with Crippen LogP contribution in [0.25, 0.3) is 0 Å². The van der Waals surface area contributed by atoms with Gasteiger partial charge in [0.05, 0.1) is 11.9 Å². The number of ether oxygens (including phenoxy) is 1. The van der Waals surface area contributed by atoms with Crippen molar-refractivity contribution in [2.24, 2.45) is 0 Å². The third kappa shape index (κ3) is 5.63. The van der Waals surface area contributed by atoms with Gasteiger partial charge >= 0.3 is 5.97 Å². The van der Waals surface area contributed by atoms with E-state index < -0.39 is 11.2 Å². The van der Waals surface area contributed by atoms with Crippen LogP contribution in [0.15, 0.2) is 35.6 Å². The van der Waals surface area contributed by atoms with E-state index in [9.17, 15) is 9.59 Å². The number of anilines is 3. The quantitative estimate of drug-likeness (QED) is 0.392. The monoisotopic (exact) mass is 429 g/mol. The van der Waals surface area contributed by atoms with Crippen LogP contribution in [-0.2, 0) is 9.53 Å². The molecule has 1 aliphatic rings. The van der Waals surface area contributed by atoms with E-state index in [4.69, 9.17) is 10.5 Å². The molecular formula is C21H27N5O3S. The molecule has 1 aliphatic heterocycles. The molecular weight excluding hydrogens is 402 g/mol. The van der Waals surface area contributed by atoms with Crippen LogP contribution in [0.5, 0.6) is 0 Å². The molecule has 0 spiro atoms. The zero-order valence-corrected chi connectivity index (χ0v) is 18.1. The molecule has 0 radical (unpaired) electrons. The standard InChI is InChI=1S/C21H27N5O3S/c1-3-29-20(28)17-13-23-21(25-18(17)22)30-14(2)19(27)24-15-7-9-16(10-8-15)26-11-5-4-6-12-26/h7-10,13-14H,3-6,11-12H2,1-2H3,(H,24,27)(H2,22,23,25). The number of piperidine rings is 1. The van der Waals surface area contributed by atoms with E-state index in [1.165, 1.54) is 42.9 Å². The van der Waals surface area contributed by atoms with Crippen molar-refractivity contribution >= 4 is 40.8 Å². The van der Waals surface area contributed by atoms with Crippen molar-refractivity contribution in [3.8, 4) is 0 Å². The number of thioether (sulfide) groups is 1. The Bertz CT molecular complexity index is 885. The Kier molecular flexibility index (Phi) is 7.51. The summed E-state index contributed by atoms with van der Waals surface area (Å²) in [4.78, 5) is 34.9. The predicted octanol–water partition coefficient (Wildman–Crippen LogP) is 3.35. The number of carbonyl (C=O) groups is 2. The summed E-state index contributed by atoms with van der Waals surface area (Å²) in [6.07, 6.45) is 5.06. The van der Waals surface area contributed by atoms with Crippen molar-refractivity contribution in [3.63, 3.8) is 0 Å². The Morgan fingerprint density at radius 3 is 2.57 bits per heavy atom. The molecule has 1 aromatic carbocycles. The van der Waals surface area contributed by atoms with Gasteiger partial charge in [0.2, 0.25) is 5.91 Å². The molecule has 1 fully saturated rings. The van der Waals surface area contributed by atoms with Gasteiger partial charge in [-0.25, -0.2) is 14.8 Å². The summed E-state index contributed by atoms with van der Waals surface area (Å²) in [6.45, 7) is 5.88. The van der Waals surface area contributed by atoms with E-state index in [1.807, 2.05) is 24.3 Å². The van der Waals surface area contributed by atoms with Crippen molar-refractivity contribution in [1.29, 1.82) is 0 Å². The Labute approximate surface area is 180 Å². The van der Waals surface area contributed by atoms with Crippen LogP contribution in [0.1, 0.15) is 43.5 Å². The van der Waals surface area contributed by atoms with E-state index in [-0.39, 0.29) is 23.9 Å². The number of nitrogen functional groups attached to an aromatic ring is 1. The van der Waals surface area contributed by atoms with Gasteiger partial charge in [-0.1, -0.05) is 11.8 Å². The first kappa shape index (κ1) is 21.9. The predicted molar refractivity (Wildman–Crippen MR) is 119 cm³/mol. The number of hydrogen-bond acceptors (Lipinski definition) is 8. The van der Waals surface area contributed by atoms with Crippen molar-refractivity contribution in [3.05, 3.63) is 36.0 Å². The summed E-state index contributed by atoms with van der Waals surface area (Å²) >= 11 is 1.17. The summed E-state index contributed by atoms with van der Waals surface area (Å²) in [7, 11) is 0. The van der Waals surface area contributed by atoms with Crippen LogP contribution in [-0.4, -0.2) is 46.8 Å². The highest BCUT2D eigenvalue weighted by molar-refractivity contribution is 8.00. The molecule has 0 aliphatic carbocycles. The Morgan fingerprint density at radius 2 is 1.93 bits per heavy atom. The number of nitrogens with zero attached hydrogens (tertiary/aromatic N) is 3. The Balaban J connectivity index is 1.56. The minimum atomic E-state index is -0.564. The molecule has 2 heterocycles. The number of rotatable bonds is 7. The largest absolute Gasteiger partial charge is 0.462 e. The van der Waals surface area contributed by atoms with Gasteiger partial charge in [-0.2, -0.15) is 0 Å². The Hall–Kier alpha value is -2.81. The molecule has 30 heavy (non-hydrogen) atoms. The second-order valence-corrected chi connectivity index (χ2v) is 8.32. The maximum absolute atomic E-state index is 12.5. The summed E-state index contributed by atoms with van der Waals surface area (Å²) in [5.74, 6) is -0.695. The summed E-state index contributed by atoms with van der Waals surface area (Å²) in [5, 5.41) is 2.79. The zero-order valence-electron chi connectivity index (χ0n) is 17.3. The lowest BCUT2D eigenvalue weighted by atomic mass is 10.1. The number of nitrogens with two attached hydrogens (primary N) is 1. The van der Waals surface area contributed by atoms with E-state index in [2.05, 4.69) is 20.2 Å². The number of nitrogens with one attached hydrogen (secondary N) is 1. The number of aromatic nitrogens is 2. The SMILES string of the molecule is CCOC(=O)c1cnc(SC(C)C(=O)Nc2ccc(N3CCCCC3)cc2)nc1N. The van der Waals surface area contributed by atoms with Gasteiger partial charge < -0.3 is 20.7 Å². The number of amides is 1. The minimum absolute atomic E-state index is 0.0341. The first-order valence-corrected chi connectivity index (χ1v) is 11.0. The number of benzene rings is 1. The van der Waals surface area contributed by atoms with Crippen molar-refractivity contribution < 1.29 is 14.3 Å². The van der Waals surface area contributed by atoms with E-state index in [0.29, 0.717) is 5.16 Å². The maximum atomic E-state index is 12.5. The van der Waals surface area contributed by atoms with Gasteiger partial charge in [0.15, 0.2) is 5.16 Å².